The second-order valence-electron chi connectivity index (χ2n) is 10.5. The van der Waals surface area contributed by atoms with E-state index in [9.17, 15) is 10.2 Å². The van der Waals surface area contributed by atoms with Gasteiger partial charge in [-0.15, -0.1) is 0 Å². The van der Waals surface area contributed by atoms with Gasteiger partial charge in [-0.2, -0.15) is 0 Å². The van der Waals surface area contributed by atoms with Gasteiger partial charge in [-0.3, -0.25) is 0 Å². The molecule has 0 saturated carbocycles. The number of benzene rings is 4. The summed E-state index contributed by atoms with van der Waals surface area (Å²) in [5, 5.41) is 28.8. The lowest BCUT2D eigenvalue weighted by Crippen LogP contribution is -2.25. The van der Waals surface area contributed by atoms with E-state index in [4.69, 9.17) is 24.1 Å². The molecule has 0 aliphatic heterocycles. The summed E-state index contributed by atoms with van der Waals surface area (Å²) in [5.74, 6) is 2.85. The van der Waals surface area contributed by atoms with E-state index >= 15 is 0 Å². The molecular weight excluding hydrogens is 628 g/mol. The van der Waals surface area contributed by atoms with Crippen molar-refractivity contribution in [1.82, 2.24) is 0 Å². The highest BCUT2D eigenvalue weighted by atomic mass is 16.5. The average Bonchev–Trinajstić information content (AvgIpc) is 3.18. The topological polar surface area (TPSA) is 97.6 Å². The second-order valence-corrected chi connectivity index (χ2v) is 10.5. The van der Waals surface area contributed by atoms with E-state index < -0.39 is 12.2 Å². The summed E-state index contributed by atoms with van der Waals surface area (Å²) >= 11 is 0. The number of ether oxygens (including phenoxy) is 4. The zero-order valence-electron chi connectivity index (χ0n) is 32.2. The van der Waals surface area contributed by atoms with E-state index in [-0.39, 0.29) is 32.5 Å². The van der Waals surface area contributed by atoms with E-state index in [2.05, 4.69) is 0 Å². The van der Waals surface area contributed by atoms with Crippen LogP contribution in [0.1, 0.15) is 91.5 Å². The smallest absolute Gasteiger partial charge is 0.122 e. The Kier molecular flexibility index (Phi) is 26.4. The quantitative estimate of drug-likeness (QED) is 0.108. The highest BCUT2D eigenvalue weighted by Gasteiger charge is 2.08. The minimum Gasteiger partial charge on any atom is -0.491 e. The SMILES string of the molecule is CC.CC.CC.CC.CC(O)COc1ccc(Cc2ccc(OCC(O)COc3ccc(Cc4ccc(OC(C)CO)cc4)cc3)cc2)cc1. The van der Waals surface area contributed by atoms with Crippen LogP contribution in [0.25, 0.3) is 0 Å². The Morgan fingerprint density at radius 2 is 0.720 bits per heavy atom. The molecule has 50 heavy (non-hydrogen) atoms. The Morgan fingerprint density at radius 1 is 0.440 bits per heavy atom. The van der Waals surface area contributed by atoms with Gasteiger partial charge >= 0.3 is 0 Å². The van der Waals surface area contributed by atoms with Gasteiger partial charge in [-0.25, -0.2) is 0 Å². The third-order valence-electron chi connectivity index (χ3n) is 6.48. The zero-order chi connectivity index (χ0) is 37.7. The maximum absolute atomic E-state index is 10.4. The molecule has 3 N–H and O–H groups in total. The Hall–Kier alpha value is -4.04. The predicted octanol–water partition coefficient (Wildman–Crippen LogP) is 9.31. The lowest BCUT2D eigenvalue weighted by atomic mass is 10.0. The van der Waals surface area contributed by atoms with Crippen LogP contribution in [0.2, 0.25) is 0 Å². The molecule has 3 atom stereocenters. The minimum absolute atomic E-state index is 0.0179. The molecule has 4 aromatic rings. The maximum atomic E-state index is 10.4. The normalized spacial score (nSPS) is 11.5. The van der Waals surface area contributed by atoms with Crippen LogP contribution in [0.3, 0.4) is 0 Å². The Morgan fingerprint density at radius 3 is 1.00 bits per heavy atom. The van der Waals surface area contributed by atoms with Gasteiger partial charge in [0, 0.05) is 0 Å². The van der Waals surface area contributed by atoms with Gasteiger partial charge in [-0.1, -0.05) is 104 Å². The van der Waals surface area contributed by atoms with Crippen molar-refractivity contribution in [1.29, 1.82) is 0 Å². The Labute approximate surface area is 302 Å². The molecule has 0 heterocycles. The van der Waals surface area contributed by atoms with Crippen molar-refractivity contribution in [3.63, 3.8) is 0 Å². The summed E-state index contributed by atoms with van der Waals surface area (Å²) in [6.45, 7) is 20.0. The van der Waals surface area contributed by atoms with E-state index in [0.717, 1.165) is 46.6 Å². The van der Waals surface area contributed by atoms with Gasteiger partial charge in [-0.05, 0) is 97.5 Å². The van der Waals surface area contributed by atoms with Gasteiger partial charge in [0.2, 0.25) is 0 Å². The molecule has 7 heteroatoms. The van der Waals surface area contributed by atoms with Crippen LogP contribution in [-0.2, 0) is 12.8 Å². The monoisotopic (exact) mass is 692 g/mol. The first-order valence-electron chi connectivity index (χ1n) is 18.2. The molecule has 278 valence electrons. The summed E-state index contributed by atoms with van der Waals surface area (Å²) in [4.78, 5) is 0. The number of aliphatic hydroxyl groups is 3. The fourth-order valence-corrected chi connectivity index (χ4v) is 4.19. The van der Waals surface area contributed by atoms with E-state index in [1.807, 2.05) is 159 Å². The van der Waals surface area contributed by atoms with Crippen LogP contribution in [0.4, 0.5) is 0 Å². The summed E-state index contributed by atoms with van der Waals surface area (Å²) in [6.07, 6.45) is 0.0520. The van der Waals surface area contributed by atoms with Crippen molar-refractivity contribution >= 4 is 0 Å². The number of hydrogen-bond donors (Lipinski definition) is 3. The molecule has 4 rings (SSSR count). The Bertz CT molecular complexity index is 1320. The van der Waals surface area contributed by atoms with E-state index in [1.54, 1.807) is 6.92 Å². The number of hydrogen-bond acceptors (Lipinski definition) is 7. The molecule has 4 aromatic carbocycles. The van der Waals surface area contributed by atoms with Crippen molar-refractivity contribution in [3.05, 3.63) is 119 Å². The summed E-state index contributed by atoms with van der Waals surface area (Å²) in [6, 6.07) is 31.4. The molecule has 0 saturated heterocycles. The van der Waals surface area contributed by atoms with Gasteiger partial charge in [0.25, 0.3) is 0 Å². The molecule has 0 spiro atoms. The van der Waals surface area contributed by atoms with Gasteiger partial charge in [0.15, 0.2) is 0 Å². The average molecular weight is 693 g/mol. The third kappa shape index (κ3) is 19.2. The van der Waals surface area contributed by atoms with Crippen molar-refractivity contribution in [2.45, 2.75) is 100 Å². The molecule has 0 aliphatic carbocycles. The highest BCUT2D eigenvalue weighted by Crippen LogP contribution is 2.20. The molecule has 0 bridgehead atoms. The molecule has 3 unspecified atom stereocenters. The molecular formula is C43H64O7. The van der Waals surface area contributed by atoms with Crippen LogP contribution in [-0.4, -0.2) is 60.1 Å². The first kappa shape index (κ1) is 46.0. The molecule has 0 radical (unpaired) electrons. The van der Waals surface area contributed by atoms with E-state index in [0.29, 0.717) is 11.5 Å². The molecule has 0 fully saturated rings. The predicted molar refractivity (Wildman–Crippen MR) is 208 cm³/mol. The summed E-state index contributed by atoms with van der Waals surface area (Å²) in [7, 11) is 0. The third-order valence-corrected chi connectivity index (χ3v) is 6.48. The van der Waals surface area contributed by atoms with Gasteiger partial charge < -0.3 is 34.3 Å². The minimum atomic E-state index is -0.770. The molecule has 0 amide bonds. The summed E-state index contributed by atoms with van der Waals surface area (Å²) in [5.41, 5.74) is 4.60. The Balaban J connectivity index is 0.00000280. The molecule has 0 aliphatic rings. The van der Waals surface area contributed by atoms with Crippen LogP contribution in [0, 0.1) is 0 Å². The highest BCUT2D eigenvalue weighted by molar-refractivity contribution is 5.35. The van der Waals surface area contributed by atoms with E-state index in [1.165, 1.54) is 0 Å². The van der Waals surface area contributed by atoms with Crippen molar-refractivity contribution < 1.29 is 34.3 Å². The van der Waals surface area contributed by atoms with Crippen LogP contribution >= 0.6 is 0 Å². The fourth-order valence-electron chi connectivity index (χ4n) is 4.19. The lowest BCUT2D eigenvalue weighted by Gasteiger charge is -2.14. The van der Waals surface area contributed by atoms with Gasteiger partial charge in [0.1, 0.15) is 55.0 Å². The standard InChI is InChI=1S/C35H40O7.4C2H6/c1-25(37)22-39-32-11-3-27(4-12-32)19-28-5-13-33(14-6-28)40-23-31(38)24-41-34-15-7-29(8-16-34)20-30-9-17-35(18-10-30)42-26(2)21-36;4*1-2/h3-18,25-26,31,36-38H,19-24H2,1-2H3;4*1-2H3. The molecule has 0 aromatic heterocycles. The first-order chi connectivity index (χ1) is 24.4. The number of rotatable bonds is 16. The van der Waals surface area contributed by atoms with Crippen LogP contribution < -0.4 is 18.9 Å². The lowest BCUT2D eigenvalue weighted by molar-refractivity contribution is 0.0626. The largest absolute Gasteiger partial charge is 0.491 e. The second kappa shape index (κ2) is 28.8. The van der Waals surface area contributed by atoms with Gasteiger partial charge in [0.05, 0.1) is 12.7 Å². The van der Waals surface area contributed by atoms with Crippen molar-refractivity contribution in [2.24, 2.45) is 0 Å². The number of aliphatic hydroxyl groups excluding tert-OH is 3. The van der Waals surface area contributed by atoms with Crippen molar-refractivity contribution in [3.8, 4) is 23.0 Å². The fraction of sp³-hybridized carbons (Fsp3) is 0.442. The van der Waals surface area contributed by atoms with Crippen LogP contribution in [0.15, 0.2) is 97.1 Å². The molecule has 7 nitrogen and oxygen atoms in total. The van der Waals surface area contributed by atoms with Crippen molar-refractivity contribution in [2.75, 3.05) is 26.4 Å². The van der Waals surface area contributed by atoms with Crippen LogP contribution in [0.5, 0.6) is 23.0 Å². The maximum Gasteiger partial charge on any atom is 0.122 e. The zero-order valence-corrected chi connectivity index (χ0v) is 32.2. The summed E-state index contributed by atoms with van der Waals surface area (Å²) < 4.78 is 22.6. The first-order valence-corrected chi connectivity index (χ1v) is 18.2.